The molecular formula is C18H28N6O. The van der Waals surface area contributed by atoms with Crippen molar-refractivity contribution in [2.24, 2.45) is 7.05 Å². The normalized spacial score (nSPS) is 15.2. The van der Waals surface area contributed by atoms with Crippen LogP contribution in [-0.2, 0) is 13.6 Å². The van der Waals surface area contributed by atoms with E-state index >= 15 is 0 Å². The van der Waals surface area contributed by atoms with E-state index in [1.54, 1.807) is 4.68 Å². The number of benzene rings is 1. The summed E-state index contributed by atoms with van der Waals surface area (Å²) < 4.78 is 7.53. The van der Waals surface area contributed by atoms with Crippen molar-refractivity contribution >= 4 is 5.95 Å². The number of hydrogen-bond donors (Lipinski definition) is 1. The van der Waals surface area contributed by atoms with Crippen LogP contribution >= 0.6 is 0 Å². The Labute approximate surface area is 149 Å². The van der Waals surface area contributed by atoms with E-state index in [1.165, 1.54) is 37.9 Å². The number of ether oxygens (including phenoxy) is 1. The van der Waals surface area contributed by atoms with Crippen molar-refractivity contribution in [1.82, 2.24) is 25.1 Å². The van der Waals surface area contributed by atoms with E-state index in [2.05, 4.69) is 43.9 Å². The predicted molar refractivity (Wildman–Crippen MR) is 97.6 cm³/mol. The maximum atomic E-state index is 5.91. The molecule has 1 aromatic heterocycles. The van der Waals surface area contributed by atoms with Crippen LogP contribution in [0.4, 0.5) is 5.95 Å². The molecule has 0 spiro atoms. The van der Waals surface area contributed by atoms with Crippen LogP contribution in [0.5, 0.6) is 5.75 Å². The highest BCUT2D eigenvalue weighted by molar-refractivity contribution is 5.28. The van der Waals surface area contributed by atoms with Gasteiger partial charge in [0.1, 0.15) is 5.75 Å². The Morgan fingerprint density at radius 1 is 1.16 bits per heavy atom. The van der Waals surface area contributed by atoms with E-state index in [4.69, 9.17) is 4.74 Å². The first-order valence-electron chi connectivity index (χ1n) is 9.21. The fraction of sp³-hybridized carbons (Fsp3) is 0.611. The molecule has 0 aliphatic carbocycles. The lowest BCUT2D eigenvalue weighted by molar-refractivity contribution is 0.220. The third-order valence-electron chi connectivity index (χ3n) is 4.50. The van der Waals surface area contributed by atoms with Crippen LogP contribution in [0, 0.1) is 0 Å². The quantitative estimate of drug-likeness (QED) is 0.705. The maximum absolute atomic E-state index is 5.91. The molecule has 7 heteroatoms. The number of anilines is 1. The number of aryl methyl sites for hydroxylation is 1. The van der Waals surface area contributed by atoms with Crippen LogP contribution in [0.1, 0.15) is 37.7 Å². The standard InChI is InChI=1S/C18H28N6O/c1-23-18(20-21-22-23)19-10-3-6-13-25-17-9-7-8-16(14-17)15-24-11-4-2-5-12-24/h7-9,14H,2-6,10-13,15H2,1H3,(H,19,20,22). The van der Waals surface area contributed by atoms with Crippen molar-refractivity contribution in [2.75, 3.05) is 31.6 Å². The number of tetrazole rings is 1. The zero-order valence-electron chi connectivity index (χ0n) is 15.0. The van der Waals surface area contributed by atoms with E-state index in [1.807, 2.05) is 13.1 Å². The molecule has 0 unspecified atom stereocenters. The van der Waals surface area contributed by atoms with Crippen molar-refractivity contribution in [3.63, 3.8) is 0 Å². The summed E-state index contributed by atoms with van der Waals surface area (Å²) in [6.07, 6.45) is 6.04. The molecule has 7 nitrogen and oxygen atoms in total. The van der Waals surface area contributed by atoms with Gasteiger partial charge in [0.15, 0.2) is 0 Å². The molecule has 25 heavy (non-hydrogen) atoms. The van der Waals surface area contributed by atoms with Crippen molar-refractivity contribution in [3.8, 4) is 5.75 Å². The van der Waals surface area contributed by atoms with Crippen molar-refractivity contribution in [2.45, 2.75) is 38.6 Å². The third kappa shape index (κ3) is 5.70. The lowest BCUT2D eigenvalue weighted by Crippen LogP contribution is -2.29. The molecule has 1 saturated heterocycles. The summed E-state index contributed by atoms with van der Waals surface area (Å²) in [7, 11) is 1.82. The highest BCUT2D eigenvalue weighted by Crippen LogP contribution is 2.17. The monoisotopic (exact) mass is 344 g/mol. The van der Waals surface area contributed by atoms with E-state index in [0.717, 1.165) is 38.3 Å². The third-order valence-corrected chi connectivity index (χ3v) is 4.50. The van der Waals surface area contributed by atoms with E-state index in [0.29, 0.717) is 5.95 Å². The number of aromatic nitrogens is 4. The molecule has 0 amide bonds. The van der Waals surface area contributed by atoms with Crippen LogP contribution < -0.4 is 10.1 Å². The number of rotatable bonds is 9. The highest BCUT2D eigenvalue weighted by atomic mass is 16.5. The number of hydrogen-bond acceptors (Lipinski definition) is 6. The molecule has 0 bridgehead atoms. The Bertz CT molecular complexity index is 638. The predicted octanol–water partition coefficient (Wildman–Crippen LogP) is 2.47. The minimum absolute atomic E-state index is 0.700. The largest absolute Gasteiger partial charge is 0.494 e. The number of nitrogens with zero attached hydrogens (tertiary/aromatic N) is 5. The topological polar surface area (TPSA) is 68.1 Å². The second kappa shape index (κ2) is 9.36. The van der Waals surface area contributed by atoms with E-state index in [9.17, 15) is 0 Å². The molecule has 1 aromatic carbocycles. The molecule has 1 aliphatic rings. The smallest absolute Gasteiger partial charge is 0.242 e. The lowest BCUT2D eigenvalue weighted by atomic mass is 10.1. The number of nitrogens with one attached hydrogen (secondary N) is 1. The summed E-state index contributed by atoms with van der Waals surface area (Å²) in [5, 5.41) is 14.5. The Kier molecular flexibility index (Phi) is 6.62. The molecular weight excluding hydrogens is 316 g/mol. The van der Waals surface area contributed by atoms with Gasteiger partial charge in [-0.2, -0.15) is 0 Å². The first kappa shape index (κ1) is 17.7. The Morgan fingerprint density at radius 3 is 2.84 bits per heavy atom. The molecule has 2 aromatic rings. The van der Waals surface area contributed by atoms with Gasteiger partial charge >= 0.3 is 0 Å². The van der Waals surface area contributed by atoms with Crippen LogP contribution in [0.3, 0.4) is 0 Å². The summed E-state index contributed by atoms with van der Waals surface area (Å²) in [5.74, 6) is 1.67. The van der Waals surface area contributed by atoms with Gasteiger partial charge in [-0.25, -0.2) is 4.68 Å². The minimum atomic E-state index is 0.700. The van der Waals surface area contributed by atoms with Gasteiger partial charge in [0, 0.05) is 20.1 Å². The number of likely N-dealkylation sites (tertiary alicyclic amines) is 1. The second-order valence-corrected chi connectivity index (χ2v) is 6.59. The zero-order chi connectivity index (χ0) is 17.3. The van der Waals surface area contributed by atoms with Gasteiger partial charge < -0.3 is 10.1 Å². The summed E-state index contributed by atoms with van der Waals surface area (Å²) in [6, 6.07) is 8.51. The Hall–Kier alpha value is -2.15. The fourth-order valence-corrected chi connectivity index (χ4v) is 3.11. The Balaban J connectivity index is 1.34. The van der Waals surface area contributed by atoms with Crippen LogP contribution in [0.25, 0.3) is 0 Å². The fourth-order valence-electron chi connectivity index (χ4n) is 3.11. The summed E-state index contributed by atoms with van der Waals surface area (Å²) in [5.41, 5.74) is 1.34. The summed E-state index contributed by atoms with van der Waals surface area (Å²) >= 11 is 0. The molecule has 0 atom stereocenters. The molecule has 1 aliphatic heterocycles. The molecule has 0 radical (unpaired) electrons. The van der Waals surface area contributed by atoms with Gasteiger partial charge in [0.2, 0.25) is 5.95 Å². The highest BCUT2D eigenvalue weighted by Gasteiger charge is 2.10. The second-order valence-electron chi connectivity index (χ2n) is 6.59. The van der Waals surface area contributed by atoms with Crippen molar-refractivity contribution in [3.05, 3.63) is 29.8 Å². The average Bonchev–Trinajstić information content (AvgIpc) is 3.04. The maximum Gasteiger partial charge on any atom is 0.242 e. The van der Waals surface area contributed by atoms with Crippen molar-refractivity contribution < 1.29 is 4.74 Å². The van der Waals surface area contributed by atoms with E-state index < -0.39 is 0 Å². The van der Waals surface area contributed by atoms with Crippen LogP contribution in [0.15, 0.2) is 24.3 Å². The first-order chi connectivity index (χ1) is 12.3. The van der Waals surface area contributed by atoms with Gasteiger partial charge in [-0.1, -0.05) is 23.7 Å². The molecule has 1 fully saturated rings. The SMILES string of the molecule is Cn1nnnc1NCCCCOc1cccc(CN2CCCCC2)c1. The van der Waals surface area contributed by atoms with Gasteiger partial charge in [0.25, 0.3) is 0 Å². The zero-order valence-corrected chi connectivity index (χ0v) is 15.0. The molecule has 0 saturated carbocycles. The molecule has 3 rings (SSSR count). The summed E-state index contributed by atoms with van der Waals surface area (Å²) in [4.78, 5) is 2.54. The van der Waals surface area contributed by atoms with Gasteiger partial charge in [-0.15, -0.1) is 0 Å². The van der Waals surface area contributed by atoms with Crippen LogP contribution in [0.2, 0.25) is 0 Å². The van der Waals surface area contributed by atoms with Gasteiger partial charge in [-0.3, -0.25) is 4.90 Å². The van der Waals surface area contributed by atoms with Gasteiger partial charge in [0.05, 0.1) is 6.61 Å². The number of piperidine rings is 1. The van der Waals surface area contributed by atoms with Crippen molar-refractivity contribution in [1.29, 1.82) is 0 Å². The van der Waals surface area contributed by atoms with Gasteiger partial charge in [-0.05, 0) is 66.9 Å². The number of unbranched alkanes of at least 4 members (excludes halogenated alkanes) is 1. The van der Waals surface area contributed by atoms with E-state index in [-0.39, 0.29) is 0 Å². The Morgan fingerprint density at radius 2 is 2.04 bits per heavy atom. The van der Waals surface area contributed by atoms with Crippen LogP contribution in [-0.4, -0.2) is 51.3 Å². The minimum Gasteiger partial charge on any atom is -0.494 e. The first-order valence-corrected chi connectivity index (χ1v) is 9.21. The average molecular weight is 344 g/mol. The molecule has 2 heterocycles. The lowest BCUT2D eigenvalue weighted by Gasteiger charge is -2.26. The molecule has 136 valence electrons. The molecule has 1 N–H and O–H groups in total. The summed E-state index contributed by atoms with van der Waals surface area (Å²) in [6.45, 7) is 5.05.